The number of ether oxygens (including phenoxy) is 1. The van der Waals surface area contributed by atoms with E-state index in [1.54, 1.807) is 18.2 Å². The Kier molecular flexibility index (Phi) is 7.32. The van der Waals surface area contributed by atoms with Gasteiger partial charge in [0, 0.05) is 0 Å². The van der Waals surface area contributed by atoms with Crippen LogP contribution in [0.2, 0.25) is 0 Å². The van der Waals surface area contributed by atoms with Crippen LogP contribution in [0.3, 0.4) is 0 Å². The minimum atomic E-state index is -0.806. The maximum atomic E-state index is 13.4. The van der Waals surface area contributed by atoms with Crippen molar-refractivity contribution in [2.45, 2.75) is 6.61 Å². The van der Waals surface area contributed by atoms with Crippen molar-refractivity contribution in [1.82, 2.24) is 5.27 Å². The first-order valence-corrected chi connectivity index (χ1v) is 12.6. The van der Waals surface area contributed by atoms with Crippen molar-refractivity contribution in [2.75, 3.05) is 10.7 Å². The predicted molar refractivity (Wildman–Crippen MR) is 140 cm³/mol. The van der Waals surface area contributed by atoms with Crippen LogP contribution in [0, 0.1) is 0 Å². The lowest BCUT2D eigenvalue weighted by atomic mass is 10.2. The maximum absolute atomic E-state index is 13.4. The van der Waals surface area contributed by atoms with Crippen molar-refractivity contribution < 1.29 is 28.6 Å². The van der Waals surface area contributed by atoms with Crippen molar-refractivity contribution in [3.05, 3.63) is 107 Å². The number of hydrogen-bond acceptors (Lipinski definition) is 8. The molecule has 0 unspecified atom stereocenters. The smallest absolute Gasteiger partial charge is 0.300 e. The Morgan fingerprint density at radius 3 is 2.39 bits per heavy atom. The van der Waals surface area contributed by atoms with Crippen molar-refractivity contribution in [3.63, 3.8) is 0 Å². The number of aryl methyl sites for hydroxylation is 1. The number of aliphatic imine (C=N–C) groups is 1. The normalized spacial score (nSPS) is 14.1. The van der Waals surface area contributed by atoms with Crippen LogP contribution in [0.1, 0.15) is 21.6 Å². The molecule has 0 fully saturated rings. The number of carbonyl (C=O) groups excluding carboxylic acids is 2. The summed E-state index contributed by atoms with van der Waals surface area (Å²) in [6.45, 7) is 0.455. The number of Topliss-reactive ketones (excluding diaryl/α,β-unsaturated/α-hetero) is 1. The van der Waals surface area contributed by atoms with E-state index in [-0.39, 0.29) is 23.1 Å². The molecule has 9 nitrogen and oxygen atoms in total. The summed E-state index contributed by atoms with van der Waals surface area (Å²) < 4.78 is 11.5. The van der Waals surface area contributed by atoms with Crippen LogP contribution in [-0.4, -0.2) is 27.9 Å². The zero-order valence-electron chi connectivity index (χ0n) is 20.3. The summed E-state index contributed by atoms with van der Waals surface area (Å²) in [5, 5.41) is 15.6. The van der Waals surface area contributed by atoms with Gasteiger partial charge in [-0.2, -0.15) is 0 Å². The van der Waals surface area contributed by atoms with Crippen LogP contribution in [0.4, 0.5) is 5.69 Å². The van der Waals surface area contributed by atoms with Crippen molar-refractivity contribution >= 4 is 40.4 Å². The molecular formula is C28H22N4O5S. The lowest BCUT2D eigenvalue weighted by Crippen LogP contribution is -2.38. The highest BCUT2D eigenvalue weighted by molar-refractivity contribution is 8.14. The minimum absolute atomic E-state index is 0.125. The average Bonchev–Trinajstić information content (AvgIpc) is 3.45. The van der Waals surface area contributed by atoms with Gasteiger partial charge in [0.2, 0.25) is 5.78 Å². The number of thioether (sulfide) groups is 1. The summed E-state index contributed by atoms with van der Waals surface area (Å²) >= 11 is 1.06. The molecular weight excluding hydrogens is 504 g/mol. The van der Waals surface area contributed by atoms with E-state index in [9.17, 15) is 14.7 Å². The summed E-state index contributed by atoms with van der Waals surface area (Å²) in [4.78, 5) is 32.0. The number of amidine groups is 1. The third-order valence-electron chi connectivity index (χ3n) is 5.64. The number of para-hydroxylation sites is 1. The second-order valence-corrected chi connectivity index (χ2v) is 9.23. The largest absolute Gasteiger partial charge is 0.539 e. The highest BCUT2D eigenvalue weighted by atomic mass is 32.2. The van der Waals surface area contributed by atoms with E-state index in [2.05, 4.69) is 14.8 Å². The molecule has 10 heteroatoms. The van der Waals surface area contributed by atoms with Gasteiger partial charge in [-0.05, 0) is 41.5 Å². The molecule has 0 bridgehead atoms. The second-order valence-electron chi connectivity index (χ2n) is 8.29. The number of carbonyl (C=O) groups is 2. The van der Waals surface area contributed by atoms with E-state index >= 15 is 0 Å². The van der Waals surface area contributed by atoms with E-state index in [1.807, 2.05) is 72.8 Å². The molecule has 0 radical (unpaired) electrons. The molecule has 5 rings (SSSR count). The number of rotatable bonds is 8. The van der Waals surface area contributed by atoms with Crippen molar-refractivity contribution in [1.29, 1.82) is 0 Å². The van der Waals surface area contributed by atoms with Gasteiger partial charge in [0.05, 0.1) is 16.7 Å². The molecule has 4 aromatic rings. The fraction of sp³-hybridized carbons (Fsp3) is 0.107. The van der Waals surface area contributed by atoms with E-state index in [4.69, 9.17) is 4.74 Å². The van der Waals surface area contributed by atoms with Gasteiger partial charge in [0.25, 0.3) is 11.6 Å². The SMILES string of the molecule is C[n+]1noc([O-])c1C(=O)CSC1=N/C(=C/c2ccc(OCc3ccccc3)cc2)C(=O)N1c1ccccc1. The Bertz CT molecular complexity index is 1500. The lowest BCUT2D eigenvalue weighted by molar-refractivity contribution is -0.741. The third kappa shape index (κ3) is 5.50. The minimum Gasteiger partial charge on any atom is -0.539 e. The first-order valence-electron chi connectivity index (χ1n) is 11.7. The van der Waals surface area contributed by atoms with Gasteiger partial charge < -0.3 is 14.4 Å². The number of amides is 1. The van der Waals surface area contributed by atoms with Gasteiger partial charge in [0.15, 0.2) is 18.2 Å². The zero-order chi connectivity index (χ0) is 26.5. The Morgan fingerprint density at radius 2 is 1.74 bits per heavy atom. The standard InChI is InChI=1S/C28H22N4O5S/c1-31-25(27(35)37-30-31)24(33)18-38-28-29-23(26(34)32(28)21-10-6-3-7-11-21)16-19-12-14-22(15-13-19)36-17-20-8-4-2-5-9-20/h2-16H,17-18H2,1H3/b23-16+. The van der Waals surface area contributed by atoms with Crippen LogP contribution in [0.25, 0.3) is 6.08 Å². The molecule has 1 aliphatic heterocycles. The first-order chi connectivity index (χ1) is 18.5. The Hall–Kier alpha value is -4.70. The highest BCUT2D eigenvalue weighted by Gasteiger charge is 2.33. The number of aromatic nitrogens is 2. The molecule has 1 aromatic heterocycles. The van der Waals surface area contributed by atoms with Gasteiger partial charge in [0.1, 0.15) is 18.1 Å². The molecule has 0 saturated carbocycles. The number of hydrogen-bond donors (Lipinski definition) is 0. The number of anilines is 1. The van der Waals surface area contributed by atoms with E-state index in [0.717, 1.165) is 27.6 Å². The van der Waals surface area contributed by atoms with Gasteiger partial charge >= 0.3 is 0 Å². The zero-order valence-corrected chi connectivity index (χ0v) is 21.1. The van der Waals surface area contributed by atoms with Gasteiger partial charge in [-0.3, -0.25) is 14.5 Å². The molecule has 38 heavy (non-hydrogen) atoms. The highest BCUT2D eigenvalue weighted by Crippen LogP contribution is 2.30. The molecule has 0 saturated heterocycles. The molecule has 1 amide bonds. The monoisotopic (exact) mass is 526 g/mol. The molecule has 0 atom stereocenters. The Morgan fingerprint density at radius 1 is 1.05 bits per heavy atom. The summed E-state index contributed by atoms with van der Waals surface area (Å²) in [6, 6.07) is 26.3. The van der Waals surface area contributed by atoms with Crippen molar-refractivity contribution in [3.8, 4) is 11.7 Å². The van der Waals surface area contributed by atoms with Gasteiger partial charge in [-0.25, -0.2) is 4.99 Å². The molecule has 190 valence electrons. The third-order valence-corrected chi connectivity index (χ3v) is 6.57. The van der Waals surface area contributed by atoms with E-state index in [0.29, 0.717) is 23.2 Å². The van der Waals surface area contributed by atoms with Crippen molar-refractivity contribution in [2.24, 2.45) is 12.0 Å². The summed E-state index contributed by atoms with van der Waals surface area (Å²) in [5.41, 5.74) is 2.51. The van der Waals surface area contributed by atoms with Gasteiger partial charge in [-0.1, -0.05) is 77.1 Å². The molecule has 0 N–H and O–H groups in total. The maximum Gasteiger partial charge on any atom is 0.300 e. The molecule has 1 aliphatic rings. The Labute approximate surface area is 222 Å². The second kappa shape index (κ2) is 11.1. The fourth-order valence-electron chi connectivity index (χ4n) is 3.76. The summed E-state index contributed by atoms with van der Waals surface area (Å²) in [7, 11) is 1.45. The fourth-order valence-corrected chi connectivity index (χ4v) is 4.64. The lowest BCUT2D eigenvalue weighted by Gasteiger charge is -2.17. The predicted octanol–water partition coefficient (Wildman–Crippen LogP) is 3.51. The van der Waals surface area contributed by atoms with E-state index in [1.165, 1.54) is 11.9 Å². The Balaban J connectivity index is 1.34. The van der Waals surface area contributed by atoms with Crippen LogP contribution in [0.15, 0.2) is 100 Å². The average molecular weight is 527 g/mol. The van der Waals surface area contributed by atoms with Crippen LogP contribution >= 0.6 is 11.8 Å². The van der Waals surface area contributed by atoms with E-state index < -0.39 is 11.7 Å². The van der Waals surface area contributed by atoms with Crippen LogP contribution < -0.4 is 19.4 Å². The number of nitrogens with zero attached hydrogens (tertiary/aromatic N) is 4. The summed E-state index contributed by atoms with van der Waals surface area (Å²) in [6.07, 6.45) is 1.68. The number of ketones is 1. The quantitative estimate of drug-likeness (QED) is 0.196. The number of benzene rings is 3. The van der Waals surface area contributed by atoms with Crippen LogP contribution in [-0.2, 0) is 18.4 Å². The first kappa shape index (κ1) is 25.0. The topological polar surface area (TPSA) is 112 Å². The van der Waals surface area contributed by atoms with Crippen LogP contribution in [0.5, 0.6) is 11.7 Å². The summed E-state index contributed by atoms with van der Waals surface area (Å²) in [5.74, 6) is -1.02. The molecule has 0 aliphatic carbocycles. The molecule has 0 spiro atoms. The molecule has 3 aromatic carbocycles. The molecule has 2 heterocycles. The van der Waals surface area contributed by atoms with Gasteiger partial charge in [-0.15, -0.1) is 0 Å².